The fourth-order valence-corrected chi connectivity index (χ4v) is 2.05. The molecule has 1 aromatic carbocycles. The van der Waals surface area contributed by atoms with Crippen LogP contribution < -0.4 is 5.56 Å². The van der Waals surface area contributed by atoms with Crippen LogP contribution >= 0.6 is 0 Å². The van der Waals surface area contributed by atoms with Crippen molar-refractivity contribution in [1.82, 2.24) is 14.5 Å². The van der Waals surface area contributed by atoms with Gasteiger partial charge in [0.15, 0.2) is 0 Å². The molecule has 0 N–H and O–H groups in total. The van der Waals surface area contributed by atoms with Crippen LogP contribution in [0.1, 0.15) is 0 Å². The lowest BCUT2D eigenvalue weighted by molar-refractivity contribution is -0.130. The monoisotopic (exact) mass is 283 g/mol. The lowest BCUT2D eigenvalue weighted by Gasteiger charge is -2.19. The Balaban J connectivity index is 2.28. The third kappa shape index (κ3) is 3.25. The summed E-state index contributed by atoms with van der Waals surface area (Å²) in [6.45, 7) is 8.03. The van der Waals surface area contributed by atoms with Crippen LogP contribution in [0.4, 0.5) is 0 Å². The summed E-state index contributed by atoms with van der Waals surface area (Å²) in [4.78, 5) is 30.3. The zero-order chi connectivity index (χ0) is 15.2. The SMILES string of the molecule is C=CCN(CC=C)C(=O)Cn1cnc2ccccc2c1=O. The van der Waals surface area contributed by atoms with E-state index >= 15 is 0 Å². The average molecular weight is 283 g/mol. The molecule has 1 aromatic heterocycles. The molecule has 0 spiro atoms. The molecule has 5 heteroatoms. The van der Waals surface area contributed by atoms with Crippen LogP contribution in [0, 0.1) is 0 Å². The molecule has 0 aliphatic carbocycles. The van der Waals surface area contributed by atoms with E-state index in [-0.39, 0.29) is 18.0 Å². The highest BCUT2D eigenvalue weighted by Gasteiger charge is 2.13. The molecule has 2 aromatic rings. The Labute approximate surface area is 122 Å². The van der Waals surface area contributed by atoms with E-state index in [1.165, 1.54) is 10.9 Å². The molecule has 108 valence electrons. The van der Waals surface area contributed by atoms with Gasteiger partial charge in [0, 0.05) is 13.1 Å². The number of carbonyl (C=O) groups is 1. The van der Waals surface area contributed by atoms with Crippen molar-refractivity contribution in [3.8, 4) is 0 Å². The number of carbonyl (C=O) groups excluding carboxylic acids is 1. The molecular weight excluding hydrogens is 266 g/mol. The topological polar surface area (TPSA) is 55.2 Å². The van der Waals surface area contributed by atoms with Crippen LogP contribution in [-0.2, 0) is 11.3 Å². The number of hydrogen-bond acceptors (Lipinski definition) is 3. The number of hydrogen-bond donors (Lipinski definition) is 0. The van der Waals surface area contributed by atoms with E-state index < -0.39 is 0 Å². The highest BCUT2D eigenvalue weighted by molar-refractivity contribution is 5.79. The quantitative estimate of drug-likeness (QED) is 0.757. The Kier molecular flexibility index (Phi) is 4.66. The van der Waals surface area contributed by atoms with Gasteiger partial charge in [0.1, 0.15) is 6.54 Å². The van der Waals surface area contributed by atoms with Gasteiger partial charge in [-0.1, -0.05) is 24.3 Å². The third-order valence-corrected chi connectivity index (χ3v) is 3.09. The second-order valence-corrected chi connectivity index (χ2v) is 4.57. The predicted molar refractivity (Wildman–Crippen MR) is 83.0 cm³/mol. The summed E-state index contributed by atoms with van der Waals surface area (Å²) < 4.78 is 1.32. The molecule has 21 heavy (non-hydrogen) atoms. The largest absolute Gasteiger partial charge is 0.334 e. The van der Waals surface area contributed by atoms with Gasteiger partial charge in [0.2, 0.25) is 5.91 Å². The number of nitrogens with zero attached hydrogens (tertiary/aromatic N) is 3. The zero-order valence-electron chi connectivity index (χ0n) is 11.7. The van der Waals surface area contributed by atoms with E-state index in [1.807, 2.05) is 6.07 Å². The molecule has 1 amide bonds. The van der Waals surface area contributed by atoms with Crippen molar-refractivity contribution >= 4 is 16.8 Å². The van der Waals surface area contributed by atoms with Crippen LogP contribution in [0.5, 0.6) is 0 Å². The Hall–Kier alpha value is -2.69. The minimum Gasteiger partial charge on any atom is -0.334 e. The van der Waals surface area contributed by atoms with Crippen molar-refractivity contribution in [3.05, 3.63) is 66.3 Å². The van der Waals surface area contributed by atoms with E-state index in [1.54, 1.807) is 35.3 Å². The highest BCUT2D eigenvalue weighted by atomic mass is 16.2. The Morgan fingerprint density at radius 1 is 1.24 bits per heavy atom. The van der Waals surface area contributed by atoms with Gasteiger partial charge in [-0.25, -0.2) is 4.98 Å². The maximum absolute atomic E-state index is 12.3. The molecule has 0 radical (unpaired) electrons. The number of fused-ring (bicyclic) bond motifs is 1. The maximum atomic E-state index is 12.3. The summed E-state index contributed by atoms with van der Waals surface area (Å²) in [6, 6.07) is 7.07. The zero-order valence-corrected chi connectivity index (χ0v) is 11.7. The average Bonchev–Trinajstić information content (AvgIpc) is 2.50. The predicted octanol–water partition coefficient (Wildman–Crippen LogP) is 1.60. The lowest BCUT2D eigenvalue weighted by Crippen LogP contribution is -2.36. The van der Waals surface area contributed by atoms with E-state index in [2.05, 4.69) is 18.1 Å². The van der Waals surface area contributed by atoms with Gasteiger partial charge >= 0.3 is 0 Å². The van der Waals surface area contributed by atoms with Crippen molar-refractivity contribution in [2.24, 2.45) is 0 Å². The van der Waals surface area contributed by atoms with Gasteiger partial charge in [0.05, 0.1) is 17.2 Å². The van der Waals surface area contributed by atoms with Crippen molar-refractivity contribution in [1.29, 1.82) is 0 Å². The van der Waals surface area contributed by atoms with Gasteiger partial charge < -0.3 is 4.90 Å². The van der Waals surface area contributed by atoms with E-state index in [0.29, 0.717) is 24.0 Å². The molecule has 0 unspecified atom stereocenters. The summed E-state index contributed by atoms with van der Waals surface area (Å²) in [6.07, 6.45) is 4.69. The van der Waals surface area contributed by atoms with Crippen molar-refractivity contribution < 1.29 is 4.79 Å². The van der Waals surface area contributed by atoms with Crippen molar-refractivity contribution in [2.45, 2.75) is 6.54 Å². The van der Waals surface area contributed by atoms with Crippen LogP contribution in [0.2, 0.25) is 0 Å². The third-order valence-electron chi connectivity index (χ3n) is 3.09. The molecule has 0 fully saturated rings. The van der Waals surface area contributed by atoms with Gasteiger partial charge in [-0.05, 0) is 12.1 Å². The van der Waals surface area contributed by atoms with E-state index in [0.717, 1.165) is 0 Å². The first kappa shape index (κ1) is 14.7. The summed E-state index contributed by atoms with van der Waals surface area (Å²) in [7, 11) is 0. The van der Waals surface area contributed by atoms with Gasteiger partial charge in [0.25, 0.3) is 5.56 Å². The van der Waals surface area contributed by atoms with Crippen LogP contribution in [0.25, 0.3) is 10.9 Å². The summed E-state index contributed by atoms with van der Waals surface area (Å²) in [5.74, 6) is -0.172. The molecule has 1 heterocycles. The smallest absolute Gasteiger partial charge is 0.261 e. The minimum absolute atomic E-state index is 0.0433. The number of aromatic nitrogens is 2. The molecule has 0 aliphatic rings. The molecule has 0 atom stereocenters. The highest BCUT2D eigenvalue weighted by Crippen LogP contribution is 2.05. The van der Waals surface area contributed by atoms with Gasteiger partial charge in [-0.15, -0.1) is 13.2 Å². The molecule has 2 rings (SSSR count). The van der Waals surface area contributed by atoms with Crippen LogP contribution in [0.3, 0.4) is 0 Å². The number of benzene rings is 1. The first-order chi connectivity index (χ1) is 10.2. The standard InChI is InChI=1S/C16H17N3O2/c1-3-9-18(10-4-2)15(20)11-19-12-17-14-8-6-5-7-13(14)16(19)21/h3-8,12H,1-2,9-11H2. The van der Waals surface area contributed by atoms with Gasteiger partial charge in [-0.2, -0.15) is 0 Å². The molecule has 0 bridgehead atoms. The number of para-hydroxylation sites is 1. The minimum atomic E-state index is -0.217. The Morgan fingerprint density at radius 3 is 2.57 bits per heavy atom. The Morgan fingerprint density at radius 2 is 1.90 bits per heavy atom. The summed E-state index contributed by atoms with van der Waals surface area (Å²) in [5.41, 5.74) is 0.409. The van der Waals surface area contributed by atoms with Crippen molar-refractivity contribution in [3.63, 3.8) is 0 Å². The fourth-order valence-electron chi connectivity index (χ4n) is 2.05. The fraction of sp³-hybridized carbons (Fsp3) is 0.188. The van der Waals surface area contributed by atoms with Crippen LogP contribution in [0.15, 0.2) is 60.7 Å². The van der Waals surface area contributed by atoms with Crippen LogP contribution in [-0.4, -0.2) is 33.4 Å². The summed E-state index contributed by atoms with van der Waals surface area (Å²) >= 11 is 0. The molecular formula is C16H17N3O2. The second kappa shape index (κ2) is 6.65. The molecule has 0 saturated carbocycles. The normalized spacial score (nSPS) is 10.3. The molecule has 0 saturated heterocycles. The lowest BCUT2D eigenvalue weighted by atomic mass is 10.2. The molecule has 5 nitrogen and oxygen atoms in total. The van der Waals surface area contributed by atoms with Crippen molar-refractivity contribution in [2.75, 3.05) is 13.1 Å². The number of rotatable bonds is 6. The summed E-state index contributed by atoms with van der Waals surface area (Å²) in [5, 5.41) is 0.506. The van der Waals surface area contributed by atoms with Gasteiger partial charge in [-0.3, -0.25) is 14.2 Å². The first-order valence-corrected chi connectivity index (χ1v) is 6.61. The van der Waals surface area contributed by atoms with E-state index in [9.17, 15) is 9.59 Å². The first-order valence-electron chi connectivity index (χ1n) is 6.61. The van der Waals surface area contributed by atoms with E-state index in [4.69, 9.17) is 0 Å². The number of amides is 1. The Bertz CT molecular complexity index is 724. The maximum Gasteiger partial charge on any atom is 0.261 e. The molecule has 0 aliphatic heterocycles. The second-order valence-electron chi connectivity index (χ2n) is 4.57.